The smallest absolute Gasteiger partial charge is 0.434 e. The number of aliphatic hydroxyl groups is 1. The second-order valence-electron chi connectivity index (χ2n) is 6.82. The number of carbonyl (C=O) groups is 2. The molecule has 32 heavy (non-hydrogen) atoms. The number of ether oxygens (including phenoxy) is 1. The molecule has 0 aliphatic carbocycles. The van der Waals surface area contributed by atoms with E-state index < -0.39 is 55.2 Å². The van der Waals surface area contributed by atoms with E-state index in [0.29, 0.717) is 4.47 Å². The molecule has 0 spiro atoms. The Morgan fingerprint density at radius 3 is 2.59 bits per heavy atom. The molecule has 0 saturated carbocycles. The summed E-state index contributed by atoms with van der Waals surface area (Å²) < 4.78 is 58.3. The van der Waals surface area contributed by atoms with E-state index >= 15 is 0 Å². The van der Waals surface area contributed by atoms with Gasteiger partial charge in [0.05, 0.1) is 17.9 Å². The fourth-order valence-corrected chi connectivity index (χ4v) is 3.57. The quantitative estimate of drug-likeness (QED) is 0.463. The van der Waals surface area contributed by atoms with Crippen LogP contribution in [0.25, 0.3) is 0 Å². The number of rotatable bonds is 5. The van der Waals surface area contributed by atoms with Gasteiger partial charge in [-0.1, -0.05) is 15.9 Å². The molecule has 1 aromatic heterocycles. The summed E-state index contributed by atoms with van der Waals surface area (Å²) in [5.74, 6) is -4.23. The zero-order valence-corrected chi connectivity index (χ0v) is 18.0. The maximum absolute atomic E-state index is 14.3. The SMILES string of the molecule is Cn1c(Nc2ccc(Br)cc2F)c2c(cc1=O)CC(OC(=O)C(F)(F)F)N(CCO)C2=O. The lowest BCUT2D eigenvalue weighted by Crippen LogP contribution is -2.51. The van der Waals surface area contributed by atoms with Crippen LogP contribution >= 0.6 is 15.9 Å². The van der Waals surface area contributed by atoms with Crippen molar-refractivity contribution in [3.05, 3.63) is 56.0 Å². The highest BCUT2D eigenvalue weighted by Gasteiger charge is 2.45. The van der Waals surface area contributed by atoms with E-state index in [0.717, 1.165) is 21.6 Å². The molecule has 1 amide bonds. The number of hydrogen-bond donors (Lipinski definition) is 2. The molecule has 1 aliphatic rings. The molecule has 2 heterocycles. The van der Waals surface area contributed by atoms with E-state index in [1.807, 2.05) is 0 Å². The molecule has 2 N–H and O–H groups in total. The van der Waals surface area contributed by atoms with E-state index in [2.05, 4.69) is 26.0 Å². The predicted molar refractivity (Wildman–Crippen MR) is 107 cm³/mol. The first-order valence-corrected chi connectivity index (χ1v) is 9.88. The molecule has 8 nitrogen and oxygen atoms in total. The molecule has 2 aromatic rings. The molecule has 1 aromatic carbocycles. The van der Waals surface area contributed by atoms with Gasteiger partial charge in [-0.2, -0.15) is 13.2 Å². The summed E-state index contributed by atoms with van der Waals surface area (Å²) in [5.41, 5.74) is -0.814. The predicted octanol–water partition coefficient (Wildman–Crippen LogP) is 2.45. The van der Waals surface area contributed by atoms with Gasteiger partial charge in [-0.3, -0.25) is 14.2 Å². The number of anilines is 2. The van der Waals surface area contributed by atoms with Gasteiger partial charge in [0.25, 0.3) is 11.5 Å². The van der Waals surface area contributed by atoms with Gasteiger partial charge in [-0.25, -0.2) is 9.18 Å². The van der Waals surface area contributed by atoms with E-state index in [9.17, 15) is 37.1 Å². The molecular formula is C19H16BrF4N3O5. The van der Waals surface area contributed by atoms with Crippen LogP contribution in [0, 0.1) is 5.82 Å². The number of aliphatic hydroxyl groups excluding tert-OH is 1. The maximum atomic E-state index is 14.3. The second-order valence-corrected chi connectivity index (χ2v) is 7.74. The zero-order chi connectivity index (χ0) is 23.8. The summed E-state index contributed by atoms with van der Waals surface area (Å²) in [5, 5.41) is 12.0. The Morgan fingerprint density at radius 2 is 2.00 bits per heavy atom. The Kier molecular flexibility index (Phi) is 6.60. The number of fused-ring (bicyclic) bond motifs is 1. The molecule has 13 heteroatoms. The van der Waals surface area contributed by atoms with E-state index in [4.69, 9.17) is 0 Å². The highest BCUT2D eigenvalue weighted by molar-refractivity contribution is 9.10. The Labute approximate surface area is 186 Å². The minimum Gasteiger partial charge on any atom is -0.434 e. The van der Waals surface area contributed by atoms with Gasteiger partial charge in [-0.15, -0.1) is 0 Å². The Balaban J connectivity index is 2.09. The van der Waals surface area contributed by atoms with Crippen LogP contribution < -0.4 is 10.9 Å². The lowest BCUT2D eigenvalue weighted by atomic mass is 9.98. The number of hydrogen-bond acceptors (Lipinski definition) is 6. The van der Waals surface area contributed by atoms with Crippen molar-refractivity contribution < 1.29 is 37.0 Å². The van der Waals surface area contributed by atoms with Crippen LogP contribution in [-0.2, 0) is 23.0 Å². The molecule has 1 atom stereocenters. The van der Waals surface area contributed by atoms with Crippen LogP contribution in [0.2, 0.25) is 0 Å². The number of benzene rings is 1. The lowest BCUT2D eigenvalue weighted by Gasteiger charge is -2.36. The fraction of sp³-hybridized carbons (Fsp3) is 0.316. The summed E-state index contributed by atoms with van der Waals surface area (Å²) >= 11 is 3.11. The number of β-amino-alcohol motifs (C(OH)–C–C–N with tert-alkyl or cyclic N) is 1. The van der Waals surface area contributed by atoms with E-state index in [-0.39, 0.29) is 22.6 Å². The molecule has 0 radical (unpaired) electrons. The number of alkyl halides is 3. The van der Waals surface area contributed by atoms with Crippen LogP contribution in [0.1, 0.15) is 15.9 Å². The van der Waals surface area contributed by atoms with Crippen molar-refractivity contribution in [3.8, 4) is 0 Å². The Hall–Kier alpha value is -2.93. The number of esters is 1. The average Bonchev–Trinajstić information content (AvgIpc) is 2.69. The Bertz CT molecular complexity index is 1140. The third-order valence-corrected chi connectivity index (χ3v) is 5.23. The summed E-state index contributed by atoms with van der Waals surface area (Å²) in [6.45, 7) is -1.07. The second kappa shape index (κ2) is 8.90. The van der Waals surface area contributed by atoms with Crippen LogP contribution in [0.15, 0.2) is 33.5 Å². The monoisotopic (exact) mass is 521 g/mol. The standard InChI is InChI=1S/C19H16BrF4N3O5/c1-26-13(29)6-9-7-14(32-18(31)19(22,23)24)27(4-5-28)17(30)15(9)16(26)25-12-3-2-10(20)8-11(12)21/h2-3,6,8,14,25,28H,4-5,7H2,1H3. The third kappa shape index (κ3) is 4.63. The van der Waals surface area contributed by atoms with Crippen molar-refractivity contribution >= 4 is 39.3 Å². The van der Waals surface area contributed by atoms with Crippen molar-refractivity contribution in [1.82, 2.24) is 9.47 Å². The van der Waals surface area contributed by atoms with Crippen molar-refractivity contribution in [1.29, 1.82) is 0 Å². The van der Waals surface area contributed by atoms with Gasteiger partial charge in [0.2, 0.25) is 0 Å². The topological polar surface area (TPSA) is 101 Å². The minimum absolute atomic E-state index is 0.00674. The first kappa shape index (κ1) is 23.7. The first-order valence-electron chi connectivity index (χ1n) is 9.08. The normalized spacial score (nSPS) is 16.0. The largest absolute Gasteiger partial charge is 0.491 e. The summed E-state index contributed by atoms with van der Waals surface area (Å²) in [7, 11) is 1.32. The van der Waals surface area contributed by atoms with Crippen LogP contribution in [0.4, 0.5) is 29.1 Å². The molecule has 172 valence electrons. The van der Waals surface area contributed by atoms with Gasteiger partial charge in [-0.05, 0) is 23.8 Å². The number of aromatic nitrogens is 1. The molecule has 1 unspecified atom stereocenters. The van der Waals surface area contributed by atoms with Gasteiger partial charge < -0.3 is 20.1 Å². The number of nitrogens with zero attached hydrogens (tertiary/aromatic N) is 2. The lowest BCUT2D eigenvalue weighted by molar-refractivity contribution is -0.211. The maximum Gasteiger partial charge on any atom is 0.491 e. The average molecular weight is 522 g/mol. The van der Waals surface area contributed by atoms with Gasteiger partial charge in [0.15, 0.2) is 6.23 Å². The Morgan fingerprint density at radius 1 is 1.31 bits per heavy atom. The number of halogens is 5. The number of carbonyl (C=O) groups excluding carboxylic acids is 2. The minimum atomic E-state index is -5.30. The summed E-state index contributed by atoms with van der Waals surface area (Å²) in [6.07, 6.45) is -7.43. The van der Waals surface area contributed by atoms with Crippen molar-refractivity contribution in [2.75, 3.05) is 18.5 Å². The van der Waals surface area contributed by atoms with Crippen molar-refractivity contribution in [3.63, 3.8) is 0 Å². The van der Waals surface area contributed by atoms with Crippen molar-refractivity contribution in [2.24, 2.45) is 7.05 Å². The van der Waals surface area contributed by atoms with Crippen LogP contribution in [-0.4, -0.2) is 52.0 Å². The third-order valence-electron chi connectivity index (χ3n) is 4.74. The highest BCUT2D eigenvalue weighted by atomic mass is 79.9. The van der Waals surface area contributed by atoms with Gasteiger partial charge in [0, 0.05) is 30.6 Å². The van der Waals surface area contributed by atoms with E-state index in [1.165, 1.54) is 19.2 Å². The molecule has 0 bridgehead atoms. The van der Waals surface area contributed by atoms with Gasteiger partial charge in [0.1, 0.15) is 11.6 Å². The number of amides is 1. The summed E-state index contributed by atoms with van der Waals surface area (Å²) in [6, 6.07) is 5.06. The fourth-order valence-electron chi connectivity index (χ4n) is 3.23. The van der Waals surface area contributed by atoms with Crippen LogP contribution in [0.3, 0.4) is 0 Å². The number of pyridine rings is 1. The highest BCUT2D eigenvalue weighted by Crippen LogP contribution is 2.32. The summed E-state index contributed by atoms with van der Waals surface area (Å²) in [4.78, 5) is 37.6. The molecule has 1 aliphatic heterocycles. The van der Waals surface area contributed by atoms with E-state index in [1.54, 1.807) is 0 Å². The number of nitrogens with one attached hydrogen (secondary N) is 1. The molecule has 3 rings (SSSR count). The molecular weight excluding hydrogens is 506 g/mol. The van der Waals surface area contributed by atoms with Crippen LogP contribution in [0.5, 0.6) is 0 Å². The first-order chi connectivity index (χ1) is 14.9. The molecule has 0 saturated heterocycles. The zero-order valence-electron chi connectivity index (χ0n) is 16.4. The van der Waals surface area contributed by atoms with Crippen molar-refractivity contribution in [2.45, 2.75) is 18.8 Å². The molecule has 0 fully saturated rings. The van der Waals surface area contributed by atoms with Gasteiger partial charge >= 0.3 is 12.1 Å².